The van der Waals surface area contributed by atoms with Gasteiger partial charge in [-0.05, 0) is 18.6 Å². The highest BCUT2D eigenvalue weighted by Gasteiger charge is 2.42. The molecule has 1 atom stereocenters. The average Bonchev–Trinajstić information content (AvgIpc) is 2.95. The molecule has 1 aromatic heterocycles. The van der Waals surface area contributed by atoms with Gasteiger partial charge < -0.3 is 15.2 Å². The summed E-state index contributed by atoms with van der Waals surface area (Å²) < 4.78 is 40.0. The molecule has 0 radical (unpaired) electrons. The maximum Gasteiger partial charge on any atom is 0.392 e. The zero-order valence-corrected chi connectivity index (χ0v) is 12.7. The van der Waals surface area contributed by atoms with Gasteiger partial charge in [-0.2, -0.15) is 13.2 Å². The van der Waals surface area contributed by atoms with Crippen LogP contribution in [0.3, 0.4) is 0 Å². The highest BCUT2D eigenvalue weighted by atomic mass is 19.4. The summed E-state index contributed by atoms with van der Waals surface area (Å²) in [5.74, 6) is -0.617. The number of anilines is 1. The molecule has 24 heavy (non-hydrogen) atoms. The van der Waals surface area contributed by atoms with Crippen LogP contribution in [0.4, 0.5) is 23.7 Å². The number of hydrogen-bond donors (Lipinski definition) is 2. The second kappa shape index (κ2) is 6.50. The fourth-order valence-corrected chi connectivity index (χ4v) is 2.66. The third-order valence-corrected chi connectivity index (χ3v) is 3.94. The molecule has 128 valence electrons. The Balaban J connectivity index is 1.58. The summed E-state index contributed by atoms with van der Waals surface area (Å²) in [7, 11) is 0. The highest BCUT2D eigenvalue weighted by molar-refractivity contribution is 5.89. The van der Waals surface area contributed by atoms with Crippen LogP contribution in [0.2, 0.25) is 0 Å². The molecule has 0 aliphatic carbocycles. The molecule has 0 saturated heterocycles. The van der Waals surface area contributed by atoms with E-state index in [9.17, 15) is 18.0 Å². The molecule has 0 spiro atoms. The quantitative estimate of drug-likeness (QED) is 0.903. The fraction of sp³-hybridized carbons (Fsp3) is 0.400. The Morgan fingerprint density at radius 1 is 1.25 bits per heavy atom. The molecule has 2 amide bonds. The van der Waals surface area contributed by atoms with E-state index in [0.29, 0.717) is 17.3 Å². The van der Waals surface area contributed by atoms with Gasteiger partial charge >= 0.3 is 12.2 Å². The van der Waals surface area contributed by atoms with Gasteiger partial charge in [-0.15, -0.1) is 10.2 Å². The van der Waals surface area contributed by atoms with Crippen molar-refractivity contribution in [2.24, 2.45) is 5.92 Å². The van der Waals surface area contributed by atoms with Crippen molar-refractivity contribution >= 4 is 11.7 Å². The maximum absolute atomic E-state index is 12.8. The Morgan fingerprint density at radius 2 is 2.00 bits per heavy atom. The van der Waals surface area contributed by atoms with E-state index in [2.05, 4.69) is 20.8 Å². The molecule has 0 fully saturated rings. The molecule has 1 aliphatic heterocycles. The first-order valence-corrected chi connectivity index (χ1v) is 7.51. The van der Waals surface area contributed by atoms with E-state index >= 15 is 0 Å². The van der Waals surface area contributed by atoms with Crippen LogP contribution in [0.1, 0.15) is 18.1 Å². The third kappa shape index (κ3) is 3.66. The van der Waals surface area contributed by atoms with Crippen LogP contribution in [-0.2, 0) is 19.5 Å². The van der Waals surface area contributed by atoms with Crippen molar-refractivity contribution in [3.8, 4) is 0 Å². The lowest BCUT2D eigenvalue weighted by Gasteiger charge is -2.25. The second-order valence-corrected chi connectivity index (χ2v) is 5.59. The smallest absolute Gasteiger partial charge is 0.331 e. The minimum atomic E-state index is -4.22. The monoisotopic (exact) mass is 339 g/mol. The first kappa shape index (κ1) is 16.3. The van der Waals surface area contributed by atoms with Gasteiger partial charge in [-0.1, -0.05) is 18.2 Å². The van der Waals surface area contributed by atoms with Crippen LogP contribution in [0, 0.1) is 5.92 Å². The van der Waals surface area contributed by atoms with Crippen LogP contribution in [0.5, 0.6) is 0 Å². The molecule has 0 bridgehead atoms. The summed E-state index contributed by atoms with van der Waals surface area (Å²) in [6, 6.07) is 8.50. The number of benzene rings is 1. The Bertz CT molecular complexity index is 714. The molecular formula is C15H16F3N5O. The molecule has 9 heteroatoms. The molecule has 2 aromatic rings. The summed E-state index contributed by atoms with van der Waals surface area (Å²) in [6.07, 6.45) is -4.39. The van der Waals surface area contributed by atoms with Crippen molar-refractivity contribution in [1.29, 1.82) is 0 Å². The summed E-state index contributed by atoms with van der Waals surface area (Å²) in [4.78, 5) is 11.8. The van der Waals surface area contributed by atoms with Crippen molar-refractivity contribution in [1.82, 2.24) is 20.1 Å². The average molecular weight is 339 g/mol. The van der Waals surface area contributed by atoms with E-state index in [-0.39, 0.29) is 25.9 Å². The molecular weight excluding hydrogens is 323 g/mol. The van der Waals surface area contributed by atoms with Crippen LogP contribution in [-0.4, -0.2) is 27.0 Å². The number of amides is 2. The number of fused-ring (bicyclic) bond motifs is 1. The third-order valence-electron chi connectivity index (χ3n) is 3.94. The standard InChI is InChI=1S/C15H16F3N5O/c16-15(17,18)10-6-7-23-12(8-10)21-22-13(23)9-19-14(24)20-11-4-2-1-3-5-11/h1-5,10H,6-9H2,(H2,19,20,24). The van der Waals surface area contributed by atoms with Gasteiger partial charge in [0.2, 0.25) is 0 Å². The summed E-state index contributed by atoms with van der Waals surface area (Å²) in [5.41, 5.74) is 0.645. The summed E-state index contributed by atoms with van der Waals surface area (Å²) in [6.45, 7) is 0.298. The van der Waals surface area contributed by atoms with E-state index in [1.165, 1.54) is 0 Å². The molecule has 3 rings (SSSR count). The molecule has 1 aliphatic rings. The number of nitrogens with zero attached hydrogens (tertiary/aromatic N) is 3. The summed E-state index contributed by atoms with van der Waals surface area (Å²) in [5, 5.41) is 13.0. The molecule has 0 saturated carbocycles. The SMILES string of the molecule is O=C(NCc1nnc2n1CCC(C(F)(F)F)C2)Nc1ccccc1. The number of carbonyl (C=O) groups is 1. The lowest BCUT2D eigenvalue weighted by molar-refractivity contribution is -0.179. The summed E-state index contributed by atoms with van der Waals surface area (Å²) >= 11 is 0. The number of aromatic nitrogens is 3. The number of hydrogen-bond acceptors (Lipinski definition) is 3. The number of rotatable bonds is 3. The second-order valence-electron chi connectivity index (χ2n) is 5.59. The fourth-order valence-electron chi connectivity index (χ4n) is 2.66. The number of alkyl halides is 3. The predicted octanol–water partition coefficient (Wildman–Crippen LogP) is 2.72. The van der Waals surface area contributed by atoms with Crippen LogP contribution < -0.4 is 10.6 Å². The first-order valence-electron chi connectivity index (χ1n) is 7.51. The molecule has 6 nitrogen and oxygen atoms in total. The predicted molar refractivity (Wildman–Crippen MR) is 80.2 cm³/mol. The van der Waals surface area contributed by atoms with Gasteiger partial charge in [0.15, 0.2) is 5.82 Å². The van der Waals surface area contributed by atoms with Gasteiger partial charge in [0.25, 0.3) is 0 Å². The maximum atomic E-state index is 12.8. The minimum Gasteiger partial charge on any atom is -0.331 e. The number of para-hydroxylation sites is 1. The van der Waals surface area contributed by atoms with Crippen LogP contribution in [0.25, 0.3) is 0 Å². The zero-order valence-electron chi connectivity index (χ0n) is 12.7. The number of nitrogens with one attached hydrogen (secondary N) is 2. The molecule has 1 aromatic carbocycles. The Hall–Kier alpha value is -2.58. The normalized spacial score (nSPS) is 17.2. The molecule has 2 heterocycles. The van der Waals surface area contributed by atoms with Crippen LogP contribution >= 0.6 is 0 Å². The first-order chi connectivity index (χ1) is 11.4. The van der Waals surface area contributed by atoms with E-state index in [1.54, 1.807) is 28.8 Å². The van der Waals surface area contributed by atoms with Crippen molar-refractivity contribution in [3.05, 3.63) is 42.0 Å². The topological polar surface area (TPSA) is 71.8 Å². The molecule has 2 N–H and O–H groups in total. The Morgan fingerprint density at radius 3 is 2.71 bits per heavy atom. The van der Waals surface area contributed by atoms with Gasteiger partial charge in [-0.25, -0.2) is 4.79 Å². The van der Waals surface area contributed by atoms with Crippen molar-refractivity contribution in [3.63, 3.8) is 0 Å². The Labute approximate surface area is 136 Å². The van der Waals surface area contributed by atoms with Gasteiger partial charge in [0.05, 0.1) is 12.5 Å². The van der Waals surface area contributed by atoms with Crippen LogP contribution in [0.15, 0.2) is 30.3 Å². The Kier molecular flexibility index (Phi) is 4.41. The number of halogens is 3. The number of carbonyl (C=O) groups excluding carboxylic acids is 1. The molecule has 1 unspecified atom stereocenters. The highest BCUT2D eigenvalue weighted by Crippen LogP contribution is 2.34. The number of urea groups is 1. The van der Waals surface area contributed by atoms with Crippen molar-refractivity contribution < 1.29 is 18.0 Å². The largest absolute Gasteiger partial charge is 0.392 e. The van der Waals surface area contributed by atoms with Crippen molar-refractivity contribution in [2.75, 3.05) is 5.32 Å². The van der Waals surface area contributed by atoms with Crippen molar-refractivity contribution in [2.45, 2.75) is 32.1 Å². The van der Waals surface area contributed by atoms with E-state index < -0.39 is 18.1 Å². The van der Waals surface area contributed by atoms with Gasteiger partial charge in [0, 0.05) is 18.7 Å². The van der Waals surface area contributed by atoms with Gasteiger partial charge in [-0.3, -0.25) is 0 Å². The lowest BCUT2D eigenvalue weighted by Crippen LogP contribution is -2.33. The van der Waals surface area contributed by atoms with E-state index in [1.807, 2.05) is 6.07 Å². The van der Waals surface area contributed by atoms with Gasteiger partial charge in [0.1, 0.15) is 5.82 Å². The zero-order chi connectivity index (χ0) is 17.2. The minimum absolute atomic E-state index is 0.00223. The van der Waals surface area contributed by atoms with E-state index in [4.69, 9.17) is 0 Å². The van der Waals surface area contributed by atoms with E-state index in [0.717, 1.165) is 0 Å². The lowest BCUT2D eigenvalue weighted by atomic mass is 9.97.